The van der Waals surface area contributed by atoms with Gasteiger partial charge in [0.15, 0.2) is 5.84 Å². The molecular formula is C13H14N2O2S2. The molecule has 0 spiro atoms. The Bertz CT molecular complexity index is 568. The number of hydrogen-bond acceptors (Lipinski definition) is 5. The van der Waals surface area contributed by atoms with E-state index in [1.165, 1.54) is 4.21 Å². The van der Waals surface area contributed by atoms with Crippen LogP contribution in [-0.2, 0) is 5.75 Å². The average Bonchev–Trinajstić information content (AvgIpc) is 2.97. The molecule has 0 atom stereocenters. The van der Waals surface area contributed by atoms with Gasteiger partial charge in [0.1, 0.15) is 5.75 Å². The zero-order valence-electron chi connectivity index (χ0n) is 10.4. The van der Waals surface area contributed by atoms with Crippen LogP contribution in [0, 0.1) is 0 Å². The normalized spacial score (nSPS) is 11.5. The zero-order valence-corrected chi connectivity index (χ0v) is 12.0. The molecule has 0 fully saturated rings. The van der Waals surface area contributed by atoms with Crippen molar-refractivity contribution in [2.75, 3.05) is 7.11 Å². The van der Waals surface area contributed by atoms with Crippen molar-refractivity contribution in [3.05, 3.63) is 46.8 Å². The molecule has 0 aliphatic carbocycles. The van der Waals surface area contributed by atoms with Crippen molar-refractivity contribution >= 4 is 28.9 Å². The minimum absolute atomic E-state index is 0.102. The quantitative estimate of drug-likeness (QED) is 0.292. The van der Waals surface area contributed by atoms with Crippen LogP contribution in [0.1, 0.15) is 11.1 Å². The first-order valence-corrected chi connectivity index (χ1v) is 7.42. The zero-order chi connectivity index (χ0) is 13.7. The molecule has 0 aliphatic rings. The summed E-state index contributed by atoms with van der Waals surface area (Å²) in [5.41, 5.74) is 7.30. The predicted octanol–water partition coefficient (Wildman–Crippen LogP) is 3.14. The van der Waals surface area contributed by atoms with Gasteiger partial charge in [0, 0.05) is 16.9 Å². The monoisotopic (exact) mass is 294 g/mol. The van der Waals surface area contributed by atoms with E-state index in [-0.39, 0.29) is 5.84 Å². The van der Waals surface area contributed by atoms with Gasteiger partial charge < -0.3 is 15.7 Å². The summed E-state index contributed by atoms with van der Waals surface area (Å²) in [5.74, 6) is 1.68. The van der Waals surface area contributed by atoms with Crippen LogP contribution in [0.25, 0.3) is 0 Å². The Morgan fingerprint density at radius 3 is 2.95 bits per heavy atom. The third-order valence-electron chi connectivity index (χ3n) is 2.55. The highest BCUT2D eigenvalue weighted by Crippen LogP contribution is 2.31. The summed E-state index contributed by atoms with van der Waals surface area (Å²) in [5, 5.41) is 13.8. The molecule has 3 N–H and O–H groups in total. The van der Waals surface area contributed by atoms with Crippen LogP contribution in [-0.4, -0.2) is 18.2 Å². The molecule has 0 saturated carbocycles. The largest absolute Gasteiger partial charge is 0.496 e. The maximum Gasteiger partial charge on any atom is 0.170 e. The number of hydrogen-bond donors (Lipinski definition) is 2. The second-order valence-electron chi connectivity index (χ2n) is 3.73. The molecule has 0 bridgehead atoms. The van der Waals surface area contributed by atoms with Gasteiger partial charge in [-0.3, -0.25) is 0 Å². The Hall–Kier alpha value is -1.66. The number of ether oxygens (including phenoxy) is 1. The predicted molar refractivity (Wildman–Crippen MR) is 79.4 cm³/mol. The molecule has 4 nitrogen and oxygen atoms in total. The van der Waals surface area contributed by atoms with E-state index < -0.39 is 0 Å². The van der Waals surface area contributed by atoms with Gasteiger partial charge in [0.2, 0.25) is 0 Å². The standard InChI is InChI=1S/C13H14N2O2S2/c1-17-11-5-4-9(13(14)15-16)7-10(11)8-19-12-3-2-6-18-12/h2-7,16H,8H2,1H3,(H2,14,15). The lowest BCUT2D eigenvalue weighted by molar-refractivity contribution is 0.318. The molecule has 2 aromatic rings. The van der Waals surface area contributed by atoms with Gasteiger partial charge in [0.25, 0.3) is 0 Å². The third kappa shape index (κ3) is 3.42. The first kappa shape index (κ1) is 13.8. The molecule has 0 unspecified atom stereocenters. The van der Waals surface area contributed by atoms with Crippen LogP contribution in [0.3, 0.4) is 0 Å². The Kier molecular flexibility index (Phi) is 4.70. The number of rotatable bonds is 5. The lowest BCUT2D eigenvalue weighted by Crippen LogP contribution is -2.13. The second-order valence-corrected chi connectivity index (χ2v) is 5.96. The molecule has 0 radical (unpaired) electrons. The summed E-state index contributed by atoms with van der Waals surface area (Å²) in [6.07, 6.45) is 0. The fourth-order valence-corrected chi connectivity index (χ4v) is 3.37. The number of benzene rings is 1. The van der Waals surface area contributed by atoms with Crippen molar-refractivity contribution in [1.82, 2.24) is 0 Å². The molecule has 6 heteroatoms. The average molecular weight is 294 g/mol. The van der Waals surface area contributed by atoms with Crippen LogP contribution in [0.15, 0.2) is 45.1 Å². The SMILES string of the molecule is COc1ccc(/C(N)=N/O)cc1CSc1cccs1. The Balaban J connectivity index is 2.21. The highest BCUT2D eigenvalue weighted by molar-refractivity contribution is 8.00. The van der Waals surface area contributed by atoms with Crippen LogP contribution < -0.4 is 10.5 Å². The summed E-state index contributed by atoms with van der Waals surface area (Å²) in [6, 6.07) is 9.59. The molecule has 2 rings (SSSR count). The minimum atomic E-state index is 0.102. The number of nitrogens with two attached hydrogens (primary N) is 1. The van der Waals surface area contributed by atoms with Crippen molar-refractivity contribution in [2.24, 2.45) is 10.9 Å². The third-order valence-corrected chi connectivity index (χ3v) is 4.73. The molecule has 0 amide bonds. The smallest absolute Gasteiger partial charge is 0.170 e. The van der Waals surface area contributed by atoms with Gasteiger partial charge in [-0.15, -0.1) is 23.1 Å². The molecule has 1 aromatic carbocycles. The van der Waals surface area contributed by atoms with E-state index in [1.807, 2.05) is 23.6 Å². The van der Waals surface area contributed by atoms with Gasteiger partial charge in [-0.05, 0) is 29.6 Å². The molecule has 0 aliphatic heterocycles. The van der Waals surface area contributed by atoms with Crippen LogP contribution in [0.4, 0.5) is 0 Å². The molecule has 0 saturated heterocycles. The first-order chi connectivity index (χ1) is 9.24. The van der Waals surface area contributed by atoms with Crippen molar-refractivity contribution in [3.63, 3.8) is 0 Å². The highest BCUT2D eigenvalue weighted by atomic mass is 32.2. The minimum Gasteiger partial charge on any atom is -0.496 e. The topological polar surface area (TPSA) is 67.8 Å². The Labute approximate surface area is 119 Å². The lowest BCUT2D eigenvalue weighted by Gasteiger charge is -2.09. The van der Waals surface area contributed by atoms with Crippen molar-refractivity contribution < 1.29 is 9.94 Å². The van der Waals surface area contributed by atoms with Crippen LogP contribution in [0.2, 0.25) is 0 Å². The van der Waals surface area contributed by atoms with E-state index in [2.05, 4.69) is 11.2 Å². The van der Waals surface area contributed by atoms with Gasteiger partial charge in [-0.1, -0.05) is 11.2 Å². The van der Waals surface area contributed by atoms with E-state index in [0.717, 1.165) is 17.1 Å². The van der Waals surface area contributed by atoms with E-state index in [1.54, 1.807) is 36.3 Å². The van der Waals surface area contributed by atoms with E-state index in [0.29, 0.717) is 5.56 Å². The summed E-state index contributed by atoms with van der Waals surface area (Å²) < 4.78 is 6.58. The lowest BCUT2D eigenvalue weighted by atomic mass is 10.1. The van der Waals surface area contributed by atoms with Crippen molar-refractivity contribution in [1.29, 1.82) is 0 Å². The maximum absolute atomic E-state index is 8.71. The van der Waals surface area contributed by atoms with E-state index in [4.69, 9.17) is 15.7 Å². The number of methoxy groups -OCH3 is 1. The van der Waals surface area contributed by atoms with Gasteiger partial charge in [-0.2, -0.15) is 0 Å². The molecule has 1 aromatic heterocycles. The van der Waals surface area contributed by atoms with Crippen LogP contribution >= 0.6 is 23.1 Å². The van der Waals surface area contributed by atoms with Gasteiger partial charge in [-0.25, -0.2) is 0 Å². The summed E-state index contributed by atoms with van der Waals surface area (Å²) in [4.78, 5) is 0. The number of nitrogens with zero attached hydrogens (tertiary/aromatic N) is 1. The number of oxime groups is 1. The fraction of sp³-hybridized carbons (Fsp3) is 0.154. The maximum atomic E-state index is 8.71. The summed E-state index contributed by atoms with van der Waals surface area (Å²) in [6.45, 7) is 0. The molecule has 1 heterocycles. The molecular weight excluding hydrogens is 280 g/mol. The highest BCUT2D eigenvalue weighted by Gasteiger charge is 2.08. The van der Waals surface area contributed by atoms with Gasteiger partial charge in [0.05, 0.1) is 11.3 Å². The molecule has 19 heavy (non-hydrogen) atoms. The van der Waals surface area contributed by atoms with Crippen molar-refractivity contribution in [3.8, 4) is 5.75 Å². The van der Waals surface area contributed by atoms with Crippen LogP contribution in [0.5, 0.6) is 5.75 Å². The van der Waals surface area contributed by atoms with Gasteiger partial charge >= 0.3 is 0 Å². The van der Waals surface area contributed by atoms with E-state index >= 15 is 0 Å². The Morgan fingerprint density at radius 2 is 2.32 bits per heavy atom. The second kappa shape index (κ2) is 6.49. The number of amidine groups is 1. The Morgan fingerprint density at radius 1 is 1.47 bits per heavy atom. The number of thiophene rings is 1. The molecule has 100 valence electrons. The summed E-state index contributed by atoms with van der Waals surface area (Å²) >= 11 is 3.44. The number of thioether (sulfide) groups is 1. The van der Waals surface area contributed by atoms with Crippen molar-refractivity contribution in [2.45, 2.75) is 9.96 Å². The first-order valence-electron chi connectivity index (χ1n) is 5.55. The fourth-order valence-electron chi connectivity index (χ4n) is 1.60. The summed E-state index contributed by atoms with van der Waals surface area (Å²) in [7, 11) is 1.64. The van der Waals surface area contributed by atoms with E-state index in [9.17, 15) is 0 Å².